The van der Waals surface area contributed by atoms with Gasteiger partial charge in [-0.2, -0.15) is 0 Å². The van der Waals surface area contributed by atoms with Crippen LogP contribution in [0.1, 0.15) is 16.7 Å². The summed E-state index contributed by atoms with van der Waals surface area (Å²) in [6.45, 7) is 3.51. The third kappa shape index (κ3) is 3.00. The molecule has 0 aromatic heterocycles. The molecule has 6 nitrogen and oxygen atoms in total. The number of benzene rings is 2. The SMILES string of the molecule is Cc1ccc(C(=N)N)c(Oc2cccc(C)c2[N+](=O)[O-])c1. The van der Waals surface area contributed by atoms with Gasteiger partial charge in [-0.1, -0.05) is 18.2 Å². The predicted molar refractivity (Wildman–Crippen MR) is 80.1 cm³/mol. The molecule has 0 bridgehead atoms. The zero-order valence-electron chi connectivity index (χ0n) is 11.7. The topological polar surface area (TPSA) is 102 Å². The van der Waals surface area contributed by atoms with Gasteiger partial charge in [0.25, 0.3) is 0 Å². The molecule has 0 unspecified atom stereocenters. The summed E-state index contributed by atoms with van der Waals surface area (Å²) in [4.78, 5) is 10.7. The number of rotatable bonds is 4. The lowest BCUT2D eigenvalue weighted by Crippen LogP contribution is -2.12. The smallest absolute Gasteiger partial charge is 0.314 e. The minimum atomic E-state index is -0.478. The van der Waals surface area contributed by atoms with Gasteiger partial charge >= 0.3 is 5.69 Å². The van der Waals surface area contributed by atoms with E-state index in [-0.39, 0.29) is 17.3 Å². The molecule has 0 spiro atoms. The van der Waals surface area contributed by atoms with Gasteiger partial charge in [-0.3, -0.25) is 15.5 Å². The van der Waals surface area contributed by atoms with Gasteiger partial charge in [-0.15, -0.1) is 0 Å². The van der Waals surface area contributed by atoms with Gasteiger partial charge in [-0.05, 0) is 37.6 Å². The Hall–Kier alpha value is -2.89. The average molecular weight is 285 g/mol. The number of hydrogen-bond acceptors (Lipinski definition) is 4. The molecule has 108 valence electrons. The van der Waals surface area contributed by atoms with Crippen LogP contribution in [0.2, 0.25) is 0 Å². The van der Waals surface area contributed by atoms with Crippen LogP contribution in [-0.2, 0) is 0 Å². The van der Waals surface area contributed by atoms with Crippen LogP contribution in [0.15, 0.2) is 36.4 Å². The van der Waals surface area contributed by atoms with Crippen LogP contribution >= 0.6 is 0 Å². The second-order valence-electron chi connectivity index (χ2n) is 4.69. The molecule has 0 amide bonds. The fraction of sp³-hybridized carbons (Fsp3) is 0.133. The van der Waals surface area contributed by atoms with Gasteiger partial charge in [0.1, 0.15) is 11.6 Å². The van der Waals surface area contributed by atoms with Crippen molar-refractivity contribution in [2.24, 2.45) is 5.73 Å². The number of ether oxygens (including phenoxy) is 1. The molecule has 6 heteroatoms. The number of nitrogens with one attached hydrogen (secondary N) is 1. The zero-order valence-corrected chi connectivity index (χ0v) is 11.7. The molecule has 0 aliphatic carbocycles. The highest BCUT2D eigenvalue weighted by atomic mass is 16.6. The van der Waals surface area contributed by atoms with Crippen molar-refractivity contribution in [3.05, 3.63) is 63.2 Å². The summed E-state index contributed by atoms with van der Waals surface area (Å²) < 4.78 is 5.66. The van der Waals surface area contributed by atoms with Crippen LogP contribution in [0.5, 0.6) is 11.5 Å². The van der Waals surface area contributed by atoms with Crippen molar-refractivity contribution in [2.75, 3.05) is 0 Å². The fourth-order valence-electron chi connectivity index (χ4n) is 2.00. The maximum atomic E-state index is 11.2. The van der Waals surface area contributed by atoms with Crippen LogP contribution in [-0.4, -0.2) is 10.8 Å². The minimum Gasteiger partial charge on any atom is -0.449 e. The van der Waals surface area contributed by atoms with Crippen LogP contribution in [0.25, 0.3) is 0 Å². The zero-order chi connectivity index (χ0) is 15.6. The van der Waals surface area contributed by atoms with E-state index in [0.717, 1.165) is 5.56 Å². The molecule has 0 heterocycles. The lowest BCUT2D eigenvalue weighted by atomic mass is 10.1. The van der Waals surface area contributed by atoms with Crippen molar-refractivity contribution < 1.29 is 9.66 Å². The Kier molecular flexibility index (Phi) is 3.89. The summed E-state index contributed by atoms with van der Waals surface area (Å²) in [5, 5.41) is 18.7. The molecule has 2 rings (SSSR count). The maximum Gasteiger partial charge on any atom is 0.314 e. The number of nitrogens with two attached hydrogens (primary N) is 1. The Morgan fingerprint density at radius 3 is 2.57 bits per heavy atom. The standard InChI is InChI=1S/C15H15N3O3/c1-9-6-7-11(15(16)17)13(8-9)21-12-5-3-4-10(2)14(12)18(19)20/h3-8H,1-2H3,(H3,16,17). The van der Waals surface area contributed by atoms with Crippen molar-refractivity contribution in [2.45, 2.75) is 13.8 Å². The van der Waals surface area contributed by atoms with Crippen LogP contribution in [0, 0.1) is 29.4 Å². The third-order valence-corrected chi connectivity index (χ3v) is 3.03. The minimum absolute atomic E-state index is 0.0893. The summed E-state index contributed by atoms with van der Waals surface area (Å²) in [6.07, 6.45) is 0. The van der Waals surface area contributed by atoms with E-state index in [0.29, 0.717) is 16.9 Å². The predicted octanol–water partition coefficient (Wildman–Crippen LogP) is 3.29. The highest BCUT2D eigenvalue weighted by Crippen LogP contribution is 2.35. The number of hydrogen-bond donors (Lipinski definition) is 2. The molecule has 2 aromatic rings. The number of aryl methyl sites for hydroxylation is 2. The van der Waals surface area contributed by atoms with Crippen LogP contribution in [0.4, 0.5) is 5.69 Å². The summed E-state index contributed by atoms with van der Waals surface area (Å²) in [6, 6.07) is 10.0. The normalized spacial score (nSPS) is 10.2. The third-order valence-electron chi connectivity index (χ3n) is 3.03. The highest BCUT2D eigenvalue weighted by molar-refractivity contribution is 5.97. The van der Waals surface area contributed by atoms with E-state index >= 15 is 0 Å². The Morgan fingerprint density at radius 2 is 1.95 bits per heavy atom. The van der Waals surface area contributed by atoms with Gasteiger partial charge in [0.2, 0.25) is 5.75 Å². The van der Waals surface area contributed by atoms with Crippen molar-refractivity contribution in [1.29, 1.82) is 5.41 Å². The summed E-state index contributed by atoms with van der Waals surface area (Å²) in [5.41, 5.74) is 7.24. The van der Waals surface area contributed by atoms with E-state index in [1.165, 1.54) is 6.07 Å². The maximum absolute atomic E-state index is 11.2. The summed E-state index contributed by atoms with van der Waals surface area (Å²) >= 11 is 0. The van der Waals surface area contributed by atoms with E-state index in [4.69, 9.17) is 15.9 Å². The Bertz CT molecular complexity index is 726. The molecule has 21 heavy (non-hydrogen) atoms. The Morgan fingerprint density at radius 1 is 1.24 bits per heavy atom. The van der Waals surface area contributed by atoms with E-state index < -0.39 is 4.92 Å². The second kappa shape index (κ2) is 5.62. The number of amidine groups is 1. The lowest BCUT2D eigenvalue weighted by Gasteiger charge is -2.12. The second-order valence-corrected chi connectivity index (χ2v) is 4.69. The van der Waals surface area contributed by atoms with E-state index in [2.05, 4.69) is 0 Å². The molecule has 0 fully saturated rings. The highest BCUT2D eigenvalue weighted by Gasteiger charge is 2.20. The molecule has 0 aliphatic heterocycles. The number of nitrogen functional groups attached to an aromatic ring is 1. The molecule has 0 aliphatic rings. The number of nitrogens with zero attached hydrogens (tertiary/aromatic N) is 1. The number of nitro benzene ring substituents is 1. The lowest BCUT2D eigenvalue weighted by molar-refractivity contribution is -0.386. The molecule has 2 aromatic carbocycles. The Labute approximate surface area is 121 Å². The van der Waals surface area contributed by atoms with Crippen molar-refractivity contribution >= 4 is 11.5 Å². The largest absolute Gasteiger partial charge is 0.449 e. The molecular formula is C15H15N3O3. The molecular weight excluding hydrogens is 270 g/mol. The first kappa shape index (κ1) is 14.5. The van der Waals surface area contributed by atoms with E-state index in [1.807, 2.05) is 6.92 Å². The van der Waals surface area contributed by atoms with Crippen LogP contribution < -0.4 is 10.5 Å². The van der Waals surface area contributed by atoms with E-state index in [9.17, 15) is 10.1 Å². The first-order valence-electron chi connectivity index (χ1n) is 6.27. The van der Waals surface area contributed by atoms with Gasteiger partial charge < -0.3 is 10.5 Å². The van der Waals surface area contributed by atoms with Gasteiger partial charge in [-0.25, -0.2) is 0 Å². The monoisotopic (exact) mass is 285 g/mol. The first-order valence-corrected chi connectivity index (χ1v) is 6.27. The van der Waals surface area contributed by atoms with E-state index in [1.54, 1.807) is 37.3 Å². The molecule has 0 saturated carbocycles. The van der Waals surface area contributed by atoms with Gasteiger partial charge in [0, 0.05) is 5.56 Å². The van der Waals surface area contributed by atoms with Crippen LogP contribution in [0.3, 0.4) is 0 Å². The summed E-state index contributed by atoms with van der Waals surface area (Å²) in [5.74, 6) is 0.310. The molecule has 0 saturated heterocycles. The van der Waals surface area contributed by atoms with Crippen molar-refractivity contribution in [3.63, 3.8) is 0 Å². The molecule has 0 radical (unpaired) electrons. The summed E-state index contributed by atoms with van der Waals surface area (Å²) in [7, 11) is 0. The fourth-order valence-corrected chi connectivity index (χ4v) is 2.00. The van der Waals surface area contributed by atoms with Gasteiger partial charge in [0.05, 0.1) is 10.5 Å². The first-order chi connectivity index (χ1) is 9.90. The average Bonchev–Trinajstić information content (AvgIpc) is 2.37. The number of nitro groups is 1. The molecule has 0 atom stereocenters. The van der Waals surface area contributed by atoms with Crippen molar-refractivity contribution in [1.82, 2.24) is 0 Å². The number of para-hydroxylation sites is 1. The molecule has 3 N–H and O–H groups in total. The van der Waals surface area contributed by atoms with Gasteiger partial charge in [0.15, 0.2) is 0 Å². The Balaban J connectivity index is 2.53. The van der Waals surface area contributed by atoms with Crippen molar-refractivity contribution in [3.8, 4) is 11.5 Å². The quantitative estimate of drug-likeness (QED) is 0.389.